The van der Waals surface area contributed by atoms with E-state index in [0.717, 1.165) is 28.0 Å². The van der Waals surface area contributed by atoms with Crippen molar-refractivity contribution in [2.45, 2.75) is 19.8 Å². The van der Waals surface area contributed by atoms with Crippen LogP contribution in [0, 0.1) is 18.8 Å². The number of pyridine rings is 2. The minimum absolute atomic E-state index is 0.0591. The van der Waals surface area contributed by atoms with Crippen molar-refractivity contribution in [2.24, 2.45) is 0 Å². The van der Waals surface area contributed by atoms with E-state index in [2.05, 4.69) is 38.7 Å². The Labute approximate surface area is 163 Å². The Hall–Kier alpha value is -3.78. The van der Waals surface area contributed by atoms with Gasteiger partial charge in [0.15, 0.2) is 5.82 Å². The molecule has 5 nitrogen and oxygen atoms in total. The van der Waals surface area contributed by atoms with Crippen LogP contribution in [0.25, 0.3) is 22.3 Å². The highest BCUT2D eigenvalue weighted by Gasteiger charge is 2.08. The molecule has 1 aromatic carbocycles. The molecule has 0 spiro atoms. The minimum atomic E-state index is 0.0591. The van der Waals surface area contributed by atoms with Crippen LogP contribution in [0.2, 0.25) is 0 Å². The second kappa shape index (κ2) is 7.45. The third-order valence-corrected chi connectivity index (χ3v) is 4.40. The molecule has 1 atom stereocenters. The van der Waals surface area contributed by atoms with E-state index in [4.69, 9.17) is 5.73 Å². The van der Waals surface area contributed by atoms with Crippen LogP contribution in [-0.4, -0.2) is 19.9 Å². The van der Waals surface area contributed by atoms with Crippen molar-refractivity contribution >= 4 is 16.9 Å². The van der Waals surface area contributed by atoms with Gasteiger partial charge in [0, 0.05) is 17.3 Å². The highest BCUT2D eigenvalue weighted by Crippen LogP contribution is 2.23. The lowest BCUT2D eigenvalue weighted by Crippen LogP contribution is -1.99. The molecule has 5 heteroatoms. The summed E-state index contributed by atoms with van der Waals surface area (Å²) < 4.78 is 0. The van der Waals surface area contributed by atoms with Crippen LogP contribution >= 0.6 is 0 Å². The van der Waals surface area contributed by atoms with Crippen LogP contribution in [0.15, 0.2) is 60.8 Å². The van der Waals surface area contributed by atoms with E-state index < -0.39 is 0 Å². The van der Waals surface area contributed by atoms with Gasteiger partial charge in [0.05, 0.1) is 22.8 Å². The first kappa shape index (κ1) is 17.6. The number of fused-ring (bicyclic) bond motifs is 1. The van der Waals surface area contributed by atoms with E-state index in [1.807, 2.05) is 61.5 Å². The van der Waals surface area contributed by atoms with Crippen molar-refractivity contribution in [2.75, 3.05) is 5.73 Å². The minimum Gasteiger partial charge on any atom is -0.382 e. The van der Waals surface area contributed by atoms with Gasteiger partial charge in [0.1, 0.15) is 11.3 Å². The van der Waals surface area contributed by atoms with Crippen LogP contribution in [0.5, 0.6) is 0 Å². The lowest BCUT2D eigenvalue weighted by Gasteiger charge is -2.06. The number of anilines is 1. The molecular formula is C23H19N5. The third kappa shape index (κ3) is 3.67. The summed E-state index contributed by atoms with van der Waals surface area (Å²) in [5.74, 6) is 7.60. The normalized spacial score (nSPS) is 11.6. The quantitative estimate of drug-likeness (QED) is 0.540. The van der Waals surface area contributed by atoms with E-state index in [1.54, 1.807) is 6.20 Å². The second-order valence-corrected chi connectivity index (χ2v) is 6.55. The zero-order valence-electron chi connectivity index (χ0n) is 15.7. The highest BCUT2D eigenvalue weighted by atomic mass is 15.0. The van der Waals surface area contributed by atoms with E-state index in [9.17, 15) is 0 Å². The number of rotatable bonds is 2. The van der Waals surface area contributed by atoms with Gasteiger partial charge in [0.2, 0.25) is 0 Å². The number of aryl methyl sites for hydroxylation is 1. The predicted octanol–water partition coefficient (Wildman–Crippen LogP) is 4.13. The van der Waals surface area contributed by atoms with Crippen LogP contribution in [0.1, 0.15) is 29.9 Å². The Bertz CT molecular complexity index is 1210. The number of aromatic nitrogens is 4. The van der Waals surface area contributed by atoms with E-state index in [1.165, 1.54) is 0 Å². The first-order valence-electron chi connectivity index (χ1n) is 9.04. The molecule has 0 radical (unpaired) electrons. The zero-order chi connectivity index (χ0) is 19.5. The summed E-state index contributed by atoms with van der Waals surface area (Å²) in [6.45, 7) is 3.87. The molecule has 3 heterocycles. The first-order valence-corrected chi connectivity index (χ1v) is 9.04. The highest BCUT2D eigenvalue weighted by molar-refractivity contribution is 5.86. The molecule has 0 aliphatic carbocycles. The fourth-order valence-corrected chi connectivity index (χ4v) is 2.97. The van der Waals surface area contributed by atoms with E-state index in [-0.39, 0.29) is 5.92 Å². The van der Waals surface area contributed by atoms with E-state index in [0.29, 0.717) is 17.2 Å². The summed E-state index contributed by atoms with van der Waals surface area (Å²) in [7, 11) is 0. The summed E-state index contributed by atoms with van der Waals surface area (Å²) in [4.78, 5) is 17.6. The number of hydrogen-bond acceptors (Lipinski definition) is 5. The van der Waals surface area contributed by atoms with Crippen LogP contribution in [0.3, 0.4) is 0 Å². The second-order valence-electron chi connectivity index (χ2n) is 6.55. The van der Waals surface area contributed by atoms with Gasteiger partial charge in [-0.3, -0.25) is 4.98 Å². The monoisotopic (exact) mass is 365 g/mol. The molecule has 0 aliphatic heterocycles. The molecule has 4 aromatic rings. The lowest BCUT2D eigenvalue weighted by molar-refractivity contribution is 0.936. The van der Waals surface area contributed by atoms with Gasteiger partial charge in [0.25, 0.3) is 0 Å². The number of benzene rings is 1. The largest absolute Gasteiger partial charge is 0.382 e. The molecule has 0 amide bonds. The van der Waals surface area contributed by atoms with Crippen molar-refractivity contribution in [3.05, 3.63) is 77.9 Å². The maximum atomic E-state index is 6.03. The number of nitrogen functional groups attached to an aromatic ring is 1. The van der Waals surface area contributed by atoms with Crippen molar-refractivity contribution < 1.29 is 0 Å². The van der Waals surface area contributed by atoms with Gasteiger partial charge < -0.3 is 5.73 Å². The average molecular weight is 365 g/mol. The Balaban J connectivity index is 1.66. The summed E-state index contributed by atoms with van der Waals surface area (Å²) in [5.41, 5.74) is 11.1. The topological polar surface area (TPSA) is 77.6 Å². The van der Waals surface area contributed by atoms with Gasteiger partial charge in [-0.1, -0.05) is 30.0 Å². The molecule has 0 bridgehead atoms. The molecule has 28 heavy (non-hydrogen) atoms. The maximum Gasteiger partial charge on any atom is 0.153 e. The smallest absolute Gasteiger partial charge is 0.153 e. The molecular weight excluding hydrogens is 346 g/mol. The van der Waals surface area contributed by atoms with Crippen molar-refractivity contribution in [1.29, 1.82) is 0 Å². The van der Waals surface area contributed by atoms with Crippen LogP contribution in [-0.2, 0) is 0 Å². The van der Waals surface area contributed by atoms with Crippen molar-refractivity contribution in [3.8, 4) is 23.1 Å². The van der Waals surface area contributed by atoms with Crippen LogP contribution < -0.4 is 5.73 Å². The number of nitrogens with zero attached hydrogens (tertiary/aromatic N) is 4. The molecule has 136 valence electrons. The first-order chi connectivity index (χ1) is 13.6. The maximum absolute atomic E-state index is 6.03. The molecule has 0 saturated heterocycles. The zero-order valence-corrected chi connectivity index (χ0v) is 15.7. The van der Waals surface area contributed by atoms with Gasteiger partial charge >= 0.3 is 0 Å². The Morgan fingerprint density at radius 3 is 2.68 bits per heavy atom. The Morgan fingerprint density at radius 2 is 1.86 bits per heavy atom. The number of nitrogens with two attached hydrogens (primary N) is 1. The fourth-order valence-electron chi connectivity index (χ4n) is 2.97. The van der Waals surface area contributed by atoms with Gasteiger partial charge in [-0.2, -0.15) is 0 Å². The van der Waals surface area contributed by atoms with Crippen molar-refractivity contribution in [3.63, 3.8) is 0 Å². The predicted molar refractivity (Wildman–Crippen MR) is 111 cm³/mol. The summed E-state index contributed by atoms with van der Waals surface area (Å²) in [5, 5.41) is 0. The summed E-state index contributed by atoms with van der Waals surface area (Å²) >= 11 is 0. The average Bonchev–Trinajstić information content (AvgIpc) is 2.72. The van der Waals surface area contributed by atoms with Gasteiger partial charge in [-0.15, -0.1) is 0 Å². The van der Waals surface area contributed by atoms with Gasteiger partial charge in [-0.05, 0) is 50.2 Å². The fraction of sp³-hybridized carbons (Fsp3) is 0.130. The van der Waals surface area contributed by atoms with Crippen LogP contribution in [0.4, 0.5) is 5.82 Å². The Morgan fingerprint density at radius 1 is 0.964 bits per heavy atom. The standard InChI is InChI=1S/C23H19N5/c1-15(19-8-3-4-13-25-19)9-10-17-6-5-7-18(14-17)20-11-12-21-22(28-20)23(24)27-16(2)26-21/h3-8,11-15H,1-2H3,(H2,24,26,27)/t15-/m0/s1. The molecule has 4 rings (SSSR count). The Kier molecular flexibility index (Phi) is 4.69. The molecule has 0 saturated carbocycles. The van der Waals surface area contributed by atoms with E-state index >= 15 is 0 Å². The summed E-state index contributed by atoms with van der Waals surface area (Å²) in [6, 6.07) is 17.7. The number of hydrogen-bond donors (Lipinski definition) is 1. The molecule has 0 aliphatic rings. The third-order valence-electron chi connectivity index (χ3n) is 4.40. The SMILES string of the molecule is Cc1nc(N)c2nc(-c3cccc(C#C[C@H](C)c4ccccn4)c3)ccc2n1. The summed E-state index contributed by atoms with van der Waals surface area (Å²) in [6.07, 6.45) is 1.79. The molecule has 0 unspecified atom stereocenters. The van der Waals surface area contributed by atoms with Gasteiger partial charge in [-0.25, -0.2) is 15.0 Å². The molecule has 2 N–H and O–H groups in total. The van der Waals surface area contributed by atoms with Crippen molar-refractivity contribution in [1.82, 2.24) is 19.9 Å². The molecule has 3 aromatic heterocycles. The molecule has 0 fully saturated rings. The lowest BCUT2D eigenvalue weighted by atomic mass is 10.0.